The maximum absolute atomic E-state index is 12.8. The summed E-state index contributed by atoms with van der Waals surface area (Å²) in [5.41, 5.74) is 0.540. The number of rotatable bonds is 7. The summed E-state index contributed by atoms with van der Waals surface area (Å²) in [5, 5.41) is 14.4. The van der Waals surface area contributed by atoms with Gasteiger partial charge in [-0.25, -0.2) is 4.79 Å². The lowest BCUT2D eigenvalue weighted by molar-refractivity contribution is -0.137. The van der Waals surface area contributed by atoms with E-state index in [9.17, 15) is 22.8 Å². The molecule has 3 amide bonds. The molecule has 32 heavy (non-hydrogen) atoms. The van der Waals surface area contributed by atoms with Crippen molar-refractivity contribution >= 4 is 40.6 Å². The quantitative estimate of drug-likeness (QED) is 0.379. The van der Waals surface area contributed by atoms with Crippen LogP contribution in [0.1, 0.15) is 16.7 Å². The molecular weight excluding hydrogens is 463 g/mol. The molecule has 0 spiro atoms. The van der Waals surface area contributed by atoms with Gasteiger partial charge >= 0.3 is 12.2 Å². The maximum Gasteiger partial charge on any atom is 0.416 e. The minimum absolute atomic E-state index is 0.00626. The normalized spacial score (nSPS) is 12.1. The number of anilines is 1. The van der Waals surface area contributed by atoms with Crippen LogP contribution in [0.15, 0.2) is 54.6 Å². The fraction of sp³-hybridized carbons (Fsp3) is 0.200. The smallest absolute Gasteiger partial charge is 0.350 e. The number of amides is 3. The predicted molar refractivity (Wildman–Crippen MR) is 117 cm³/mol. The lowest BCUT2D eigenvalue weighted by Crippen LogP contribution is -2.49. The second kappa shape index (κ2) is 10.4. The Hall–Kier alpha value is -3.25. The molecule has 4 N–H and O–H groups in total. The van der Waals surface area contributed by atoms with Crippen molar-refractivity contribution in [3.05, 3.63) is 75.2 Å². The van der Waals surface area contributed by atoms with E-state index in [0.717, 1.165) is 29.0 Å². The molecule has 12 heteroatoms. The van der Waals surface area contributed by atoms with Gasteiger partial charge in [0.15, 0.2) is 3.95 Å². The summed E-state index contributed by atoms with van der Waals surface area (Å²) in [6, 6.07) is 12.0. The number of hydrogen-bond acceptors (Lipinski definition) is 5. The number of hydrogen-bond donors (Lipinski definition) is 4. The van der Waals surface area contributed by atoms with Crippen molar-refractivity contribution in [3.63, 3.8) is 0 Å². The van der Waals surface area contributed by atoms with E-state index in [2.05, 4.69) is 26.1 Å². The van der Waals surface area contributed by atoms with Gasteiger partial charge in [-0.05, 0) is 35.5 Å². The van der Waals surface area contributed by atoms with Gasteiger partial charge in [0.1, 0.15) is 6.04 Å². The number of alkyl halides is 3. The number of nitrogens with zero attached hydrogens (tertiary/aromatic N) is 1. The molecule has 0 bridgehead atoms. The number of carbonyl (C=O) groups excluding carboxylic acids is 2. The van der Waals surface area contributed by atoms with Gasteiger partial charge in [-0.3, -0.25) is 15.2 Å². The molecule has 1 heterocycles. The zero-order valence-corrected chi connectivity index (χ0v) is 18.0. The Balaban J connectivity index is 1.65. The Labute approximate surface area is 190 Å². The van der Waals surface area contributed by atoms with E-state index in [0.29, 0.717) is 9.52 Å². The van der Waals surface area contributed by atoms with E-state index in [4.69, 9.17) is 12.2 Å². The van der Waals surface area contributed by atoms with E-state index < -0.39 is 29.7 Å². The van der Waals surface area contributed by atoms with Gasteiger partial charge in [0.25, 0.3) is 0 Å². The van der Waals surface area contributed by atoms with E-state index in [1.54, 1.807) is 0 Å². The number of halogens is 3. The Morgan fingerprint density at radius 3 is 2.34 bits per heavy atom. The predicted octanol–water partition coefficient (Wildman–Crippen LogP) is 4.27. The van der Waals surface area contributed by atoms with Gasteiger partial charge in [0.05, 0.1) is 5.56 Å². The molecule has 3 rings (SSSR count). The van der Waals surface area contributed by atoms with Crippen LogP contribution < -0.4 is 16.0 Å². The van der Waals surface area contributed by atoms with Gasteiger partial charge in [-0.1, -0.05) is 53.8 Å². The Bertz CT molecular complexity index is 1110. The van der Waals surface area contributed by atoms with Gasteiger partial charge in [-0.2, -0.15) is 13.2 Å². The van der Waals surface area contributed by atoms with Crippen LogP contribution in [0.2, 0.25) is 0 Å². The number of aromatic nitrogens is 2. The highest BCUT2D eigenvalue weighted by molar-refractivity contribution is 7.73. The van der Waals surface area contributed by atoms with Crippen molar-refractivity contribution in [2.24, 2.45) is 0 Å². The lowest BCUT2D eigenvalue weighted by atomic mass is 10.1. The van der Waals surface area contributed by atoms with Crippen molar-refractivity contribution in [2.75, 3.05) is 5.32 Å². The molecule has 0 aliphatic rings. The Morgan fingerprint density at radius 2 is 1.75 bits per heavy atom. The number of carbonyl (C=O) groups is 2. The fourth-order valence-corrected chi connectivity index (χ4v) is 3.54. The number of benzene rings is 2. The van der Waals surface area contributed by atoms with E-state index >= 15 is 0 Å². The molecule has 0 aliphatic heterocycles. The van der Waals surface area contributed by atoms with E-state index in [1.165, 1.54) is 12.1 Å². The zero-order chi connectivity index (χ0) is 23.1. The first-order valence-corrected chi connectivity index (χ1v) is 10.5. The highest BCUT2D eigenvalue weighted by Gasteiger charge is 2.30. The third kappa shape index (κ3) is 6.89. The average molecular weight is 482 g/mol. The van der Waals surface area contributed by atoms with Crippen LogP contribution in [0.3, 0.4) is 0 Å². The summed E-state index contributed by atoms with van der Waals surface area (Å²) in [4.78, 5) is 25.1. The molecule has 168 valence electrons. The molecule has 2 aromatic carbocycles. The summed E-state index contributed by atoms with van der Waals surface area (Å²) < 4.78 is 38.5. The van der Waals surface area contributed by atoms with Crippen molar-refractivity contribution < 1.29 is 22.8 Å². The molecule has 0 saturated heterocycles. The second-order valence-corrected chi connectivity index (χ2v) is 8.34. The van der Waals surface area contributed by atoms with Crippen LogP contribution in [0.25, 0.3) is 0 Å². The first-order chi connectivity index (χ1) is 15.2. The van der Waals surface area contributed by atoms with Crippen molar-refractivity contribution in [1.29, 1.82) is 0 Å². The molecule has 0 aliphatic carbocycles. The highest BCUT2D eigenvalue weighted by atomic mass is 32.1. The van der Waals surface area contributed by atoms with Crippen molar-refractivity contribution in [1.82, 2.24) is 20.8 Å². The SMILES string of the molecule is O=C(Nc1n[nH]c(=S)s1)N[C@@H](Cc1ccccc1)C(=O)NCc1ccc(C(F)(F)F)cc1. The molecule has 3 aromatic rings. The maximum atomic E-state index is 12.8. The number of H-pyrrole nitrogens is 1. The minimum Gasteiger partial charge on any atom is -0.350 e. The molecular formula is C20H18F3N5O2S2. The highest BCUT2D eigenvalue weighted by Crippen LogP contribution is 2.29. The Morgan fingerprint density at radius 1 is 1.06 bits per heavy atom. The summed E-state index contributed by atoms with van der Waals surface area (Å²) in [5.74, 6) is -0.487. The fourth-order valence-electron chi connectivity index (χ4n) is 2.76. The van der Waals surface area contributed by atoms with Crippen LogP contribution >= 0.6 is 23.6 Å². The average Bonchev–Trinajstić information content (AvgIpc) is 3.16. The van der Waals surface area contributed by atoms with Crippen LogP contribution in [-0.2, 0) is 23.9 Å². The van der Waals surface area contributed by atoms with E-state index in [1.807, 2.05) is 30.3 Å². The molecule has 0 saturated carbocycles. The monoisotopic (exact) mass is 481 g/mol. The van der Waals surface area contributed by atoms with Crippen LogP contribution in [0.4, 0.5) is 23.1 Å². The topological polar surface area (TPSA) is 98.9 Å². The van der Waals surface area contributed by atoms with Gasteiger partial charge in [0, 0.05) is 13.0 Å². The summed E-state index contributed by atoms with van der Waals surface area (Å²) in [6.07, 6.45) is -4.22. The first kappa shape index (κ1) is 23.4. The summed E-state index contributed by atoms with van der Waals surface area (Å²) in [7, 11) is 0. The molecule has 0 radical (unpaired) electrons. The van der Waals surface area contributed by atoms with Gasteiger partial charge < -0.3 is 10.6 Å². The number of aromatic amines is 1. The third-order valence-corrected chi connectivity index (χ3v) is 5.32. The third-order valence-electron chi connectivity index (χ3n) is 4.31. The minimum atomic E-state index is -4.43. The van der Waals surface area contributed by atoms with Crippen LogP contribution in [-0.4, -0.2) is 28.2 Å². The molecule has 1 atom stereocenters. The molecule has 0 unspecified atom stereocenters. The summed E-state index contributed by atoms with van der Waals surface area (Å²) >= 11 is 5.97. The zero-order valence-electron chi connectivity index (χ0n) is 16.4. The first-order valence-electron chi connectivity index (χ1n) is 9.31. The molecule has 7 nitrogen and oxygen atoms in total. The van der Waals surface area contributed by atoms with E-state index in [-0.39, 0.29) is 18.1 Å². The number of urea groups is 1. The van der Waals surface area contributed by atoms with Crippen LogP contribution in [0, 0.1) is 3.95 Å². The van der Waals surface area contributed by atoms with Gasteiger partial charge in [0.2, 0.25) is 11.0 Å². The standard InChI is InChI=1S/C20H18F3N5O2S2/c21-20(22,23)14-8-6-13(7-9-14)11-24-16(29)15(10-12-4-2-1-3-5-12)25-17(30)26-18-27-28-19(31)32-18/h1-9,15H,10-11H2,(H,24,29)(H,28,31)(H2,25,26,27,30)/t15-/m0/s1. The number of nitrogens with one attached hydrogen (secondary N) is 4. The van der Waals surface area contributed by atoms with Crippen LogP contribution in [0.5, 0.6) is 0 Å². The largest absolute Gasteiger partial charge is 0.416 e. The molecule has 1 aromatic heterocycles. The van der Waals surface area contributed by atoms with Crippen molar-refractivity contribution in [2.45, 2.75) is 25.2 Å². The second-order valence-electron chi connectivity index (χ2n) is 6.67. The molecule has 0 fully saturated rings. The Kier molecular flexibility index (Phi) is 7.59. The van der Waals surface area contributed by atoms with Crippen molar-refractivity contribution in [3.8, 4) is 0 Å². The lowest BCUT2D eigenvalue weighted by Gasteiger charge is -2.19. The summed E-state index contributed by atoms with van der Waals surface area (Å²) in [6.45, 7) is 0.00626. The van der Waals surface area contributed by atoms with Gasteiger partial charge in [-0.15, -0.1) is 5.10 Å².